The van der Waals surface area contributed by atoms with Gasteiger partial charge in [0.2, 0.25) is 0 Å². The van der Waals surface area contributed by atoms with Crippen LogP contribution in [0.2, 0.25) is 20.1 Å². The number of hydrogen-bond acceptors (Lipinski definition) is 3. The van der Waals surface area contributed by atoms with Gasteiger partial charge in [0.05, 0.1) is 26.3 Å². The molecule has 158 valence electrons. The summed E-state index contributed by atoms with van der Waals surface area (Å²) in [5.41, 5.74) is 5.04. The molecule has 5 nitrogen and oxygen atoms in total. The molecule has 0 unspecified atom stereocenters. The molecule has 0 aliphatic rings. The van der Waals surface area contributed by atoms with E-state index in [9.17, 15) is 9.59 Å². The second-order valence-electron chi connectivity index (χ2n) is 6.42. The minimum Gasteiger partial charge on any atom is -0.322 e. The van der Waals surface area contributed by atoms with Crippen LogP contribution in [0.4, 0.5) is 5.69 Å². The molecule has 0 aromatic heterocycles. The first-order valence-corrected chi connectivity index (χ1v) is 10.4. The molecular formula is C22H15Cl4N3O2. The molecule has 31 heavy (non-hydrogen) atoms. The highest BCUT2D eigenvalue weighted by Crippen LogP contribution is 2.23. The number of nitrogens with zero attached hydrogens (tertiary/aromatic N) is 1. The van der Waals surface area contributed by atoms with E-state index in [1.54, 1.807) is 55.5 Å². The maximum Gasteiger partial charge on any atom is 0.271 e. The number of hydrazone groups is 1. The fraction of sp³-hybridized carbons (Fsp3) is 0.0455. The molecule has 0 radical (unpaired) electrons. The van der Waals surface area contributed by atoms with Crippen molar-refractivity contribution < 1.29 is 9.59 Å². The zero-order valence-corrected chi connectivity index (χ0v) is 19.1. The van der Waals surface area contributed by atoms with Crippen LogP contribution in [0.3, 0.4) is 0 Å². The van der Waals surface area contributed by atoms with E-state index in [-0.39, 0.29) is 16.0 Å². The summed E-state index contributed by atoms with van der Waals surface area (Å²) in [4.78, 5) is 24.6. The molecule has 0 atom stereocenters. The van der Waals surface area contributed by atoms with Gasteiger partial charge >= 0.3 is 0 Å². The molecule has 3 rings (SSSR count). The molecule has 2 amide bonds. The molecule has 0 fully saturated rings. The van der Waals surface area contributed by atoms with Gasteiger partial charge in [-0.1, -0.05) is 58.5 Å². The molecule has 0 heterocycles. The van der Waals surface area contributed by atoms with Crippen molar-refractivity contribution in [1.82, 2.24) is 5.43 Å². The molecule has 3 aromatic carbocycles. The number of anilines is 1. The summed E-state index contributed by atoms with van der Waals surface area (Å²) in [5.74, 6) is -0.768. The molecule has 2 N–H and O–H groups in total. The van der Waals surface area contributed by atoms with Gasteiger partial charge in [0.25, 0.3) is 11.8 Å². The first kappa shape index (κ1) is 23.1. The van der Waals surface area contributed by atoms with Crippen molar-refractivity contribution in [3.05, 3.63) is 97.4 Å². The van der Waals surface area contributed by atoms with E-state index >= 15 is 0 Å². The SMILES string of the molecule is C/C(=N/NC(=O)c1ccc(Cl)c(Cl)c1)c1ccc(NC(=O)c2ccc(Cl)cc2Cl)cc1. The van der Waals surface area contributed by atoms with Gasteiger partial charge in [-0.3, -0.25) is 9.59 Å². The minimum atomic E-state index is -0.415. The van der Waals surface area contributed by atoms with Gasteiger partial charge in [0, 0.05) is 16.3 Å². The average Bonchev–Trinajstić information content (AvgIpc) is 2.74. The molecule has 0 aliphatic carbocycles. The van der Waals surface area contributed by atoms with Gasteiger partial charge in [0.1, 0.15) is 0 Å². The van der Waals surface area contributed by atoms with Crippen LogP contribution in [-0.4, -0.2) is 17.5 Å². The number of halogens is 4. The quantitative estimate of drug-likeness (QED) is 0.305. The van der Waals surface area contributed by atoms with Gasteiger partial charge in [-0.25, -0.2) is 5.43 Å². The fourth-order valence-corrected chi connectivity index (χ4v) is 3.36. The predicted molar refractivity (Wildman–Crippen MR) is 127 cm³/mol. The summed E-state index contributed by atoms with van der Waals surface area (Å²) in [6.07, 6.45) is 0. The number of carbonyl (C=O) groups excluding carboxylic acids is 2. The van der Waals surface area contributed by atoms with Gasteiger partial charge in [0.15, 0.2) is 0 Å². The summed E-state index contributed by atoms with van der Waals surface area (Å²) >= 11 is 23.7. The lowest BCUT2D eigenvalue weighted by atomic mass is 10.1. The van der Waals surface area contributed by atoms with Crippen molar-refractivity contribution in [1.29, 1.82) is 0 Å². The monoisotopic (exact) mass is 493 g/mol. The Labute approximate surface area is 199 Å². The highest BCUT2D eigenvalue weighted by molar-refractivity contribution is 6.42. The lowest BCUT2D eigenvalue weighted by molar-refractivity contribution is 0.0954. The smallest absolute Gasteiger partial charge is 0.271 e. The summed E-state index contributed by atoms with van der Waals surface area (Å²) < 4.78 is 0. The summed E-state index contributed by atoms with van der Waals surface area (Å²) in [5, 5.41) is 8.24. The summed E-state index contributed by atoms with van der Waals surface area (Å²) in [6, 6.07) is 16.2. The minimum absolute atomic E-state index is 0.266. The summed E-state index contributed by atoms with van der Waals surface area (Å²) in [7, 11) is 0. The van der Waals surface area contributed by atoms with Crippen molar-refractivity contribution in [2.75, 3.05) is 5.32 Å². The van der Waals surface area contributed by atoms with Crippen molar-refractivity contribution >= 4 is 69.6 Å². The average molecular weight is 495 g/mol. The fourth-order valence-electron chi connectivity index (χ4n) is 2.57. The normalized spacial score (nSPS) is 11.2. The number of amides is 2. The van der Waals surface area contributed by atoms with Crippen LogP contribution in [-0.2, 0) is 0 Å². The Morgan fingerprint density at radius 1 is 0.742 bits per heavy atom. The third kappa shape index (κ3) is 5.99. The Morgan fingerprint density at radius 2 is 1.42 bits per heavy atom. The van der Waals surface area contributed by atoms with Crippen LogP contribution < -0.4 is 10.7 Å². The second-order valence-corrected chi connectivity index (χ2v) is 8.08. The molecule has 9 heteroatoms. The van der Waals surface area contributed by atoms with Crippen LogP contribution in [0.25, 0.3) is 0 Å². The number of rotatable bonds is 5. The lowest BCUT2D eigenvalue weighted by Gasteiger charge is -2.08. The van der Waals surface area contributed by atoms with Crippen LogP contribution in [0, 0.1) is 0 Å². The Balaban J connectivity index is 1.65. The number of benzene rings is 3. The van der Waals surface area contributed by atoms with Gasteiger partial charge in [-0.2, -0.15) is 5.10 Å². The van der Waals surface area contributed by atoms with Crippen LogP contribution in [0.15, 0.2) is 65.8 Å². The van der Waals surface area contributed by atoms with E-state index in [1.807, 2.05) is 0 Å². The largest absolute Gasteiger partial charge is 0.322 e. The topological polar surface area (TPSA) is 70.6 Å². The van der Waals surface area contributed by atoms with E-state index in [1.165, 1.54) is 12.1 Å². The van der Waals surface area contributed by atoms with Crippen molar-refractivity contribution in [2.45, 2.75) is 6.92 Å². The summed E-state index contributed by atoms with van der Waals surface area (Å²) in [6.45, 7) is 1.75. The van der Waals surface area contributed by atoms with Gasteiger partial charge < -0.3 is 5.32 Å². The van der Waals surface area contributed by atoms with E-state index < -0.39 is 5.91 Å². The van der Waals surface area contributed by atoms with Crippen LogP contribution in [0.5, 0.6) is 0 Å². The number of carbonyl (C=O) groups is 2. The highest BCUT2D eigenvalue weighted by atomic mass is 35.5. The Kier molecular flexibility index (Phi) is 7.57. The molecule has 0 saturated heterocycles. The number of nitrogens with one attached hydrogen (secondary N) is 2. The number of hydrogen-bond donors (Lipinski definition) is 2. The highest BCUT2D eigenvalue weighted by Gasteiger charge is 2.11. The third-order valence-electron chi connectivity index (χ3n) is 4.24. The van der Waals surface area contributed by atoms with Crippen molar-refractivity contribution in [3.8, 4) is 0 Å². The lowest BCUT2D eigenvalue weighted by Crippen LogP contribution is -2.19. The maximum absolute atomic E-state index is 12.4. The van der Waals surface area contributed by atoms with E-state index in [0.29, 0.717) is 32.6 Å². The molecule has 3 aromatic rings. The Hall–Kier alpha value is -2.57. The zero-order valence-electron chi connectivity index (χ0n) is 16.0. The van der Waals surface area contributed by atoms with Crippen molar-refractivity contribution in [3.63, 3.8) is 0 Å². The van der Waals surface area contributed by atoms with E-state index in [2.05, 4.69) is 15.8 Å². The Bertz CT molecular complexity index is 1180. The first-order chi connectivity index (χ1) is 14.7. The van der Waals surface area contributed by atoms with Crippen LogP contribution in [0.1, 0.15) is 33.2 Å². The van der Waals surface area contributed by atoms with Gasteiger partial charge in [-0.15, -0.1) is 0 Å². The molecular weight excluding hydrogens is 480 g/mol. The zero-order chi connectivity index (χ0) is 22.5. The first-order valence-electron chi connectivity index (χ1n) is 8.91. The molecule has 0 bridgehead atoms. The molecule has 0 spiro atoms. The maximum atomic E-state index is 12.4. The predicted octanol–water partition coefficient (Wildman–Crippen LogP) is 6.71. The third-order valence-corrected chi connectivity index (χ3v) is 5.53. The molecule has 0 aliphatic heterocycles. The van der Waals surface area contributed by atoms with Crippen LogP contribution >= 0.6 is 46.4 Å². The van der Waals surface area contributed by atoms with Crippen molar-refractivity contribution in [2.24, 2.45) is 5.10 Å². The van der Waals surface area contributed by atoms with E-state index in [4.69, 9.17) is 46.4 Å². The van der Waals surface area contributed by atoms with Gasteiger partial charge in [-0.05, 0) is 61.0 Å². The second kappa shape index (κ2) is 10.2. The Morgan fingerprint density at radius 3 is 2.06 bits per heavy atom. The molecule has 0 saturated carbocycles. The van der Waals surface area contributed by atoms with E-state index in [0.717, 1.165) is 5.56 Å². The standard InChI is InChI=1S/C22H15Cl4N3O2/c1-12(28-29-21(30)14-4-9-18(24)20(26)10-14)13-2-6-16(7-3-13)27-22(31)17-8-5-15(23)11-19(17)25/h2-11H,1H3,(H,27,31)(H,29,30)/b28-12-.